The number of methoxy groups -OCH3 is 2. The molecule has 0 atom stereocenters. The number of anilines is 1. The molecule has 0 aliphatic carbocycles. The zero-order chi connectivity index (χ0) is 18.2. The zero-order valence-electron chi connectivity index (χ0n) is 14.9. The highest BCUT2D eigenvalue weighted by Crippen LogP contribution is 2.29. The largest absolute Gasteiger partial charge is 0.493 e. The van der Waals surface area contributed by atoms with Gasteiger partial charge in [0.2, 0.25) is 0 Å². The lowest BCUT2D eigenvalue weighted by atomic mass is 10.1. The topological polar surface area (TPSA) is 98.0 Å². The van der Waals surface area contributed by atoms with Crippen LogP contribution >= 0.6 is 24.0 Å². The van der Waals surface area contributed by atoms with Crippen molar-refractivity contribution in [2.75, 3.05) is 26.6 Å². The number of ether oxygens (including phenoxy) is 2. The highest BCUT2D eigenvalue weighted by atomic mass is 127. The number of rotatable bonds is 6. The predicted molar refractivity (Wildman–Crippen MR) is 114 cm³/mol. The molecular weight excluding hydrogens is 447 g/mol. The summed E-state index contributed by atoms with van der Waals surface area (Å²) >= 11 is 0. The molecule has 7 nitrogen and oxygen atoms in total. The van der Waals surface area contributed by atoms with Crippen molar-refractivity contribution in [1.82, 2.24) is 5.32 Å². The van der Waals surface area contributed by atoms with Crippen molar-refractivity contribution in [3.05, 3.63) is 53.6 Å². The van der Waals surface area contributed by atoms with Crippen molar-refractivity contribution < 1.29 is 14.3 Å². The normalized spacial score (nSPS) is 10.5. The molecule has 140 valence electrons. The van der Waals surface area contributed by atoms with Gasteiger partial charge in [0, 0.05) is 24.4 Å². The van der Waals surface area contributed by atoms with E-state index in [2.05, 4.69) is 15.6 Å². The summed E-state index contributed by atoms with van der Waals surface area (Å²) in [5, 5.41) is 5.59. The summed E-state index contributed by atoms with van der Waals surface area (Å²) < 4.78 is 10.4. The highest BCUT2D eigenvalue weighted by molar-refractivity contribution is 14.0. The van der Waals surface area contributed by atoms with E-state index in [1.807, 2.05) is 18.2 Å². The molecule has 0 fully saturated rings. The number of hydrogen-bond acceptors (Lipinski definition) is 4. The van der Waals surface area contributed by atoms with E-state index in [4.69, 9.17) is 15.2 Å². The molecule has 0 aromatic heterocycles. The Morgan fingerprint density at radius 1 is 1.08 bits per heavy atom. The second-order valence-corrected chi connectivity index (χ2v) is 5.17. The third kappa shape index (κ3) is 5.80. The minimum absolute atomic E-state index is 0. The Morgan fingerprint density at radius 2 is 1.73 bits per heavy atom. The number of aliphatic imine (C=N–C) groups is 1. The molecule has 0 spiro atoms. The van der Waals surface area contributed by atoms with Crippen LogP contribution in [0.15, 0.2) is 47.5 Å². The van der Waals surface area contributed by atoms with E-state index in [9.17, 15) is 4.79 Å². The van der Waals surface area contributed by atoms with Crippen LogP contribution in [0, 0.1) is 0 Å². The van der Waals surface area contributed by atoms with Crippen LogP contribution in [0.5, 0.6) is 11.5 Å². The third-order valence-electron chi connectivity index (χ3n) is 3.53. The summed E-state index contributed by atoms with van der Waals surface area (Å²) in [6, 6.07) is 12.6. The zero-order valence-corrected chi connectivity index (χ0v) is 17.2. The lowest BCUT2D eigenvalue weighted by Gasteiger charge is -2.11. The fraction of sp³-hybridized carbons (Fsp3) is 0.222. The van der Waals surface area contributed by atoms with Crippen molar-refractivity contribution >= 4 is 41.5 Å². The number of nitrogens with one attached hydrogen (secondary N) is 2. The molecule has 0 aliphatic heterocycles. The molecule has 0 saturated heterocycles. The fourth-order valence-electron chi connectivity index (χ4n) is 2.18. The summed E-state index contributed by atoms with van der Waals surface area (Å²) in [4.78, 5) is 15.8. The maximum absolute atomic E-state index is 11.5. The first-order valence-corrected chi connectivity index (χ1v) is 7.67. The van der Waals surface area contributed by atoms with Gasteiger partial charge in [-0.1, -0.05) is 12.1 Å². The molecule has 0 bridgehead atoms. The van der Waals surface area contributed by atoms with E-state index in [1.54, 1.807) is 45.5 Å². The van der Waals surface area contributed by atoms with Crippen molar-refractivity contribution in [3.63, 3.8) is 0 Å². The molecule has 0 unspecified atom stereocenters. The Morgan fingerprint density at radius 3 is 2.31 bits per heavy atom. The Balaban J connectivity index is 0.00000338. The maximum Gasteiger partial charge on any atom is 0.251 e. The van der Waals surface area contributed by atoms with Crippen LogP contribution in [-0.2, 0) is 6.54 Å². The van der Waals surface area contributed by atoms with Crippen LogP contribution in [0.1, 0.15) is 15.9 Å². The van der Waals surface area contributed by atoms with Gasteiger partial charge in [-0.2, -0.15) is 0 Å². The van der Waals surface area contributed by atoms with E-state index in [0.717, 1.165) is 11.3 Å². The third-order valence-corrected chi connectivity index (χ3v) is 3.53. The first-order chi connectivity index (χ1) is 12.1. The summed E-state index contributed by atoms with van der Waals surface area (Å²) in [5.74, 6) is 1.40. The van der Waals surface area contributed by atoms with Gasteiger partial charge in [-0.3, -0.25) is 4.79 Å². The smallest absolute Gasteiger partial charge is 0.251 e. The monoisotopic (exact) mass is 470 g/mol. The van der Waals surface area contributed by atoms with Gasteiger partial charge < -0.3 is 25.8 Å². The number of halogens is 1. The summed E-state index contributed by atoms with van der Waals surface area (Å²) in [7, 11) is 4.75. The highest BCUT2D eigenvalue weighted by Gasteiger charge is 2.05. The first kappa shape index (κ1) is 21.6. The molecule has 26 heavy (non-hydrogen) atoms. The summed E-state index contributed by atoms with van der Waals surface area (Å²) in [6.45, 7) is 0.403. The van der Waals surface area contributed by atoms with E-state index >= 15 is 0 Å². The number of nitrogens with two attached hydrogens (primary N) is 1. The molecule has 1 amide bonds. The molecule has 2 aromatic rings. The Hall–Kier alpha value is -2.49. The molecule has 0 heterocycles. The molecule has 2 aromatic carbocycles. The second kappa shape index (κ2) is 10.5. The van der Waals surface area contributed by atoms with Gasteiger partial charge in [0.05, 0.1) is 20.8 Å². The van der Waals surface area contributed by atoms with Gasteiger partial charge in [0.25, 0.3) is 5.91 Å². The summed E-state index contributed by atoms with van der Waals surface area (Å²) in [5.41, 5.74) is 8.21. The van der Waals surface area contributed by atoms with Crippen molar-refractivity contribution in [1.29, 1.82) is 0 Å². The number of carbonyl (C=O) groups is 1. The molecule has 2 rings (SSSR count). The van der Waals surface area contributed by atoms with Crippen molar-refractivity contribution in [2.45, 2.75) is 6.54 Å². The minimum Gasteiger partial charge on any atom is -0.493 e. The predicted octanol–water partition coefficient (Wildman–Crippen LogP) is 2.61. The van der Waals surface area contributed by atoms with Gasteiger partial charge in [0.1, 0.15) is 0 Å². The number of guanidine groups is 1. The summed E-state index contributed by atoms with van der Waals surface area (Å²) in [6.07, 6.45) is 0. The van der Waals surface area contributed by atoms with Gasteiger partial charge in [-0.25, -0.2) is 4.99 Å². The molecule has 8 heteroatoms. The van der Waals surface area contributed by atoms with Crippen LogP contribution in [-0.4, -0.2) is 33.1 Å². The fourth-order valence-corrected chi connectivity index (χ4v) is 2.18. The number of benzene rings is 2. The van der Waals surface area contributed by atoms with Crippen LogP contribution in [0.25, 0.3) is 0 Å². The molecule has 0 radical (unpaired) electrons. The van der Waals surface area contributed by atoms with E-state index in [-0.39, 0.29) is 35.8 Å². The van der Waals surface area contributed by atoms with Crippen molar-refractivity contribution in [2.24, 2.45) is 10.7 Å². The number of amides is 1. The molecule has 0 aliphatic rings. The van der Waals surface area contributed by atoms with Crippen LogP contribution in [0.3, 0.4) is 0 Å². The quantitative estimate of drug-likeness (QED) is 0.343. The molecular formula is C18H23IN4O3. The standard InChI is InChI=1S/C18H22N4O3.HI/c1-20-17(23)13-6-4-12(5-7-13)11-21-18(19)22-14-8-9-15(24-2)16(10-14)25-3;/h4-10H,11H2,1-3H3,(H,20,23)(H3,19,21,22);1H. The molecule has 0 saturated carbocycles. The molecule has 4 N–H and O–H groups in total. The van der Waals surface area contributed by atoms with Gasteiger partial charge >= 0.3 is 0 Å². The van der Waals surface area contributed by atoms with E-state index < -0.39 is 0 Å². The maximum atomic E-state index is 11.5. The van der Waals surface area contributed by atoms with Crippen LogP contribution in [0.2, 0.25) is 0 Å². The van der Waals surface area contributed by atoms with E-state index in [1.165, 1.54) is 0 Å². The number of carbonyl (C=O) groups excluding carboxylic acids is 1. The average molecular weight is 470 g/mol. The number of nitrogens with zero attached hydrogens (tertiary/aromatic N) is 1. The van der Waals surface area contributed by atoms with Crippen molar-refractivity contribution in [3.8, 4) is 11.5 Å². The lowest BCUT2D eigenvalue weighted by molar-refractivity contribution is 0.0963. The number of hydrogen-bond donors (Lipinski definition) is 3. The Kier molecular flexibility index (Phi) is 8.70. The van der Waals surface area contributed by atoms with Crippen LogP contribution < -0.4 is 25.8 Å². The van der Waals surface area contributed by atoms with Gasteiger partial charge in [-0.15, -0.1) is 24.0 Å². The average Bonchev–Trinajstić information content (AvgIpc) is 2.66. The van der Waals surface area contributed by atoms with E-state index in [0.29, 0.717) is 23.6 Å². The SMILES string of the molecule is CNC(=O)c1ccc(CN=C(N)Nc2ccc(OC)c(OC)c2)cc1.I. The van der Waals surface area contributed by atoms with Crippen LogP contribution in [0.4, 0.5) is 5.69 Å². The Bertz CT molecular complexity index is 764. The minimum atomic E-state index is -0.121. The second-order valence-electron chi connectivity index (χ2n) is 5.17. The Labute approximate surface area is 170 Å². The first-order valence-electron chi connectivity index (χ1n) is 7.67. The van der Waals surface area contributed by atoms with Gasteiger partial charge in [-0.05, 0) is 29.8 Å². The lowest BCUT2D eigenvalue weighted by Crippen LogP contribution is -2.22. The van der Waals surface area contributed by atoms with Gasteiger partial charge in [0.15, 0.2) is 17.5 Å².